The summed E-state index contributed by atoms with van der Waals surface area (Å²) in [6.45, 7) is 13.7. The van der Waals surface area contributed by atoms with E-state index in [9.17, 15) is 0 Å². The van der Waals surface area contributed by atoms with Crippen molar-refractivity contribution in [3.8, 4) is 0 Å². The predicted octanol–water partition coefficient (Wildman–Crippen LogP) is 3.82. The van der Waals surface area contributed by atoms with Gasteiger partial charge in [-0.1, -0.05) is 24.6 Å². The Kier molecular flexibility index (Phi) is 5.14. The second kappa shape index (κ2) is 7.53. The highest BCUT2D eigenvalue weighted by atomic mass is 15.2. The van der Waals surface area contributed by atoms with Crippen LogP contribution in [0.1, 0.15) is 53.4 Å². The molecule has 2 aliphatic heterocycles. The number of hydrogen-bond donors (Lipinski definition) is 1. The van der Waals surface area contributed by atoms with E-state index in [4.69, 9.17) is 0 Å². The molecule has 2 aromatic rings. The van der Waals surface area contributed by atoms with Crippen LogP contribution in [0.25, 0.3) is 0 Å². The molecule has 0 aliphatic carbocycles. The number of benzene rings is 1. The molecular weight excluding hydrogens is 320 g/mol. The van der Waals surface area contributed by atoms with E-state index in [0.29, 0.717) is 0 Å². The maximum Gasteiger partial charge on any atom is 0.0925 e. The molecule has 0 radical (unpaired) electrons. The van der Waals surface area contributed by atoms with Gasteiger partial charge >= 0.3 is 0 Å². The number of rotatable bonds is 4. The highest BCUT2D eigenvalue weighted by Crippen LogP contribution is 2.25. The van der Waals surface area contributed by atoms with Gasteiger partial charge in [0.25, 0.3) is 0 Å². The van der Waals surface area contributed by atoms with E-state index in [1.165, 1.54) is 59.6 Å². The van der Waals surface area contributed by atoms with Crippen molar-refractivity contribution in [1.82, 2.24) is 19.8 Å². The molecule has 1 aromatic heterocycles. The third-order valence-electron chi connectivity index (χ3n) is 6.15. The Balaban J connectivity index is 1.49. The lowest BCUT2D eigenvalue weighted by Gasteiger charge is -2.32. The monoisotopic (exact) mass is 352 g/mol. The smallest absolute Gasteiger partial charge is 0.0925 e. The Bertz CT molecular complexity index is 763. The van der Waals surface area contributed by atoms with E-state index >= 15 is 0 Å². The predicted molar refractivity (Wildman–Crippen MR) is 106 cm³/mol. The first-order valence-corrected chi connectivity index (χ1v) is 10.1. The number of nitrogens with zero attached hydrogens (tertiary/aromatic N) is 3. The van der Waals surface area contributed by atoms with Gasteiger partial charge in [0, 0.05) is 39.1 Å². The highest BCUT2D eigenvalue weighted by Gasteiger charge is 2.21. The summed E-state index contributed by atoms with van der Waals surface area (Å²) in [5, 5.41) is 0. The van der Waals surface area contributed by atoms with E-state index < -0.39 is 0 Å². The average molecular weight is 353 g/mol. The Hall–Kier alpha value is -1.65. The standard InChI is InChI=1S/C22H32N4/c1-16-5-4-7-25(11-16)12-19-9-17(2)10-20(18(19)3)13-26-8-6-21-22(14-26)24-15-23-21/h9-10,15-16H,4-8,11-14H2,1-3H3,(H,23,24). The molecule has 4 nitrogen and oxygen atoms in total. The number of nitrogens with one attached hydrogen (secondary N) is 1. The number of H-pyrrole nitrogens is 1. The Morgan fingerprint density at radius 3 is 2.65 bits per heavy atom. The zero-order valence-corrected chi connectivity index (χ0v) is 16.5. The van der Waals surface area contributed by atoms with Crippen LogP contribution in [-0.2, 0) is 26.1 Å². The highest BCUT2D eigenvalue weighted by molar-refractivity contribution is 5.38. The summed E-state index contributed by atoms with van der Waals surface area (Å²) in [5.74, 6) is 0.838. The fourth-order valence-electron chi connectivity index (χ4n) is 4.66. The van der Waals surface area contributed by atoms with Crippen molar-refractivity contribution < 1.29 is 0 Å². The molecule has 140 valence electrons. The molecule has 2 aliphatic rings. The van der Waals surface area contributed by atoms with Crippen LogP contribution in [0.5, 0.6) is 0 Å². The first kappa shape index (κ1) is 17.7. The van der Waals surface area contributed by atoms with Crippen molar-refractivity contribution in [2.75, 3.05) is 19.6 Å². The molecule has 1 saturated heterocycles. The zero-order valence-electron chi connectivity index (χ0n) is 16.5. The Morgan fingerprint density at radius 1 is 1.12 bits per heavy atom. The van der Waals surface area contributed by atoms with Crippen LogP contribution >= 0.6 is 0 Å². The number of fused-ring (bicyclic) bond motifs is 1. The summed E-state index contributed by atoms with van der Waals surface area (Å²) in [6.07, 6.45) is 5.63. The molecule has 26 heavy (non-hydrogen) atoms. The second-order valence-electron chi connectivity index (χ2n) is 8.48. The molecule has 1 unspecified atom stereocenters. The van der Waals surface area contributed by atoms with Crippen molar-refractivity contribution in [1.29, 1.82) is 0 Å². The van der Waals surface area contributed by atoms with Crippen molar-refractivity contribution in [2.45, 2.75) is 59.7 Å². The van der Waals surface area contributed by atoms with Gasteiger partial charge in [0.1, 0.15) is 0 Å². The first-order chi connectivity index (χ1) is 12.6. The van der Waals surface area contributed by atoms with Crippen molar-refractivity contribution in [2.24, 2.45) is 5.92 Å². The number of aromatic amines is 1. The SMILES string of the molecule is Cc1cc(CN2CCc3nc[nH]c3C2)c(C)c(CN2CCCC(C)C2)c1. The summed E-state index contributed by atoms with van der Waals surface area (Å²) in [6, 6.07) is 4.79. The summed E-state index contributed by atoms with van der Waals surface area (Å²) in [4.78, 5) is 12.9. The van der Waals surface area contributed by atoms with Gasteiger partial charge in [0.05, 0.1) is 17.7 Å². The second-order valence-corrected chi connectivity index (χ2v) is 8.48. The largest absolute Gasteiger partial charge is 0.347 e. The van der Waals surface area contributed by atoms with Crippen LogP contribution in [0.15, 0.2) is 18.5 Å². The number of hydrogen-bond acceptors (Lipinski definition) is 3. The van der Waals surface area contributed by atoms with Gasteiger partial charge in [-0.05, 0) is 55.8 Å². The van der Waals surface area contributed by atoms with Crippen LogP contribution in [0.2, 0.25) is 0 Å². The van der Waals surface area contributed by atoms with Gasteiger partial charge < -0.3 is 4.98 Å². The normalized spacial score (nSPS) is 21.7. The summed E-state index contributed by atoms with van der Waals surface area (Å²) < 4.78 is 0. The van der Waals surface area contributed by atoms with E-state index in [0.717, 1.165) is 38.5 Å². The van der Waals surface area contributed by atoms with E-state index in [2.05, 4.69) is 52.7 Å². The van der Waals surface area contributed by atoms with Crippen LogP contribution in [0, 0.1) is 19.8 Å². The molecule has 0 amide bonds. The lowest BCUT2D eigenvalue weighted by atomic mass is 9.95. The Morgan fingerprint density at radius 2 is 1.88 bits per heavy atom. The molecule has 0 bridgehead atoms. The maximum atomic E-state index is 4.43. The van der Waals surface area contributed by atoms with Gasteiger partial charge in [0.2, 0.25) is 0 Å². The van der Waals surface area contributed by atoms with Gasteiger partial charge in [-0.2, -0.15) is 0 Å². The average Bonchev–Trinajstić information content (AvgIpc) is 3.07. The van der Waals surface area contributed by atoms with Gasteiger partial charge in [0.15, 0.2) is 0 Å². The van der Waals surface area contributed by atoms with Gasteiger partial charge in [-0.15, -0.1) is 0 Å². The van der Waals surface area contributed by atoms with Crippen LogP contribution in [0.3, 0.4) is 0 Å². The molecule has 3 heterocycles. The first-order valence-electron chi connectivity index (χ1n) is 10.1. The topological polar surface area (TPSA) is 35.2 Å². The quantitative estimate of drug-likeness (QED) is 0.909. The molecule has 0 spiro atoms. The van der Waals surface area contributed by atoms with Crippen LogP contribution < -0.4 is 0 Å². The number of imidazole rings is 1. The third kappa shape index (κ3) is 3.86. The molecule has 4 heteroatoms. The zero-order chi connectivity index (χ0) is 18.1. The van der Waals surface area contributed by atoms with Crippen molar-refractivity contribution >= 4 is 0 Å². The van der Waals surface area contributed by atoms with E-state index in [-0.39, 0.29) is 0 Å². The maximum absolute atomic E-state index is 4.43. The lowest BCUT2D eigenvalue weighted by molar-refractivity contribution is 0.176. The molecule has 1 fully saturated rings. The summed E-state index contributed by atoms with van der Waals surface area (Å²) in [5.41, 5.74) is 8.45. The number of aromatic nitrogens is 2. The molecule has 1 aromatic carbocycles. The minimum absolute atomic E-state index is 0.838. The Labute approximate surface area is 157 Å². The molecule has 1 N–H and O–H groups in total. The van der Waals surface area contributed by atoms with Crippen LogP contribution in [-0.4, -0.2) is 39.4 Å². The fraction of sp³-hybridized carbons (Fsp3) is 0.591. The number of piperidine rings is 1. The third-order valence-corrected chi connectivity index (χ3v) is 6.15. The van der Waals surface area contributed by atoms with Gasteiger partial charge in [-0.25, -0.2) is 4.98 Å². The number of aryl methyl sites for hydroxylation is 1. The number of likely N-dealkylation sites (tertiary alicyclic amines) is 1. The van der Waals surface area contributed by atoms with Crippen molar-refractivity contribution in [3.63, 3.8) is 0 Å². The lowest BCUT2D eigenvalue weighted by Crippen LogP contribution is -2.34. The summed E-state index contributed by atoms with van der Waals surface area (Å²) >= 11 is 0. The van der Waals surface area contributed by atoms with E-state index in [1.54, 1.807) is 0 Å². The molecule has 4 rings (SSSR count). The van der Waals surface area contributed by atoms with E-state index in [1.807, 2.05) is 6.33 Å². The molecule has 0 saturated carbocycles. The van der Waals surface area contributed by atoms with Crippen molar-refractivity contribution in [3.05, 3.63) is 52.1 Å². The minimum atomic E-state index is 0.838. The molecule has 1 atom stereocenters. The van der Waals surface area contributed by atoms with Crippen LogP contribution in [0.4, 0.5) is 0 Å². The molecular formula is C22H32N4. The summed E-state index contributed by atoms with van der Waals surface area (Å²) in [7, 11) is 0. The fourth-order valence-corrected chi connectivity index (χ4v) is 4.66. The van der Waals surface area contributed by atoms with Gasteiger partial charge in [-0.3, -0.25) is 9.80 Å². The minimum Gasteiger partial charge on any atom is -0.347 e.